The molecule has 0 unspecified atom stereocenters. The van der Waals surface area contributed by atoms with Crippen molar-refractivity contribution in [1.82, 2.24) is 4.72 Å². The first-order chi connectivity index (χ1) is 13.2. The molecule has 0 saturated carbocycles. The van der Waals surface area contributed by atoms with Crippen LogP contribution in [0.2, 0.25) is 0 Å². The van der Waals surface area contributed by atoms with Crippen molar-refractivity contribution in [2.75, 3.05) is 0 Å². The summed E-state index contributed by atoms with van der Waals surface area (Å²) in [6.07, 6.45) is 0. The maximum absolute atomic E-state index is 13.7. The van der Waals surface area contributed by atoms with E-state index in [1.165, 1.54) is 24.3 Å². The number of sulfonamides is 1. The Labute approximate surface area is 170 Å². The van der Waals surface area contributed by atoms with Gasteiger partial charge in [-0.25, -0.2) is 17.5 Å². The number of benzene rings is 3. The number of carbonyl (C=O) groups excluding carboxylic acids is 1. The quantitative estimate of drug-likeness (QED) is 0.589. The Morgan fingerprint density at radius 1 is 1.04 bits per heavy atom. The van der Waals surface area contributed by atoms with Crippen LogP contribution in [-0.2, 0) is 10.0 Å². The molecule has 0 aliphatic carbocycles. The molecule has 0 aliphatic rings. The minimum absolute atomic E-state index is 0.0344. The molecule has 3 aromatic rings. The second-order valence-electron chi connectivity index (χ2n) is 5.95. The largest absolute Gasteiger partial charge is 0.457 e. The monoisotopic (exact) mass is 463 g/mol. The smallest absolute Gasteiger partial charge is 0.268 e. The first-order valence-corrected chi connectivity index (χ1v) is 10.4. The van der Waals surface area contributed by atoms with Crippen LogP contribution in [0.1, 0.15) is 15.9 Å². The molecule has 0 saturated heterocycles. The molecule has 1 N–H and O–H groups in total. The molecule has 3 rings (SSSR count). The van der Waals surface area contributed by atoms with Gasteiger partial charge in [0.2, 0.25) is 0 Å². The van der Waals surface area contributed by atoms with Gasteiger partial charge >= 0.3 is 0 Å². The van der Waals surface area contributed by atoms with E-state index in [1.54, 1.807) is 18.2 Å². The third-order valence-electron chi connectivity index (χ3n) is 3.77. The van der Waals surface area contributed by atoms with E-state index in [1.807, 2.05) is 23.8 Å². The molecule has 1 amide bonds. The molecule has 8 heteroatoms. The first kappa shape index (κ1) is 20.0. The third-order valence-corrected chi connectivity index (χ3v) is 5.59. The van der Waals surface area contributed by atoms with Crippen LogP contribution >= 0.6 is 15.9 Å². The van der Waals surface area contributed by atoms with Crippen molar-refractivity contribution in [2.24, 2.45) is 0 Å². The third kappa shape index (κ3) is 4.76. The van der Waals surface area contributed by atoms with Gasteiger partial charge in [-0.1, -0.05) is 39.7 Å². The molecule has 5 nitrogen and oxygen atoms in total. The lowest BCUT2D eigenvalue weighted by atomic mass is 10.2. The highest BCUT2D eigenvalue weighted by molar-refractivity contribution is 9.10. The van der Waals surface area contributed by atoms with Gasteiger partial charge in [0.1, 0.15) is 17.3 Å². The van der Waals surface area contributed by atoms with Crippen molar-refractivity contribution < 1.29 is 22.3 Å². The molecular weight excluding hydrogens is 449 g/mol. The predicted octanol–water partition coefficient (Wildman–Crippen LogP) is 4.81. The van der Waals surface area contributed by atoms with Gasteiger partial charge in [-0.3, -0.25) is 4.79 Å². The topological polar surface area (TPSA) is 72.5 Å². The molecule has 0 aromatic heterocycles. The standard InChI is InChI=1S/C20H15BrFNO4S/c1-13-5-8-16(9-6-13)27-19-10-7-15(22)12-18(19)20(24)23-28(25,26)17-4-2-3-14(21)11-17/h2-12H,1H3,(H,23,24). The van der Waals surface area contributed by atoms with E-state index in [-0.39, 0.29) is 16.2 Å². The molecule has 0 heterocycles. The van der Waals surface area contributed by atoms with Crippen molar-refractivity contribution in [2.45, 2.75) is 11.8 Å². The van der Waals surface area contributed by atoms with Crippen molar-refractivity contribution in [3.63, 3.8) is 0 Å². The van der Waals surface area contributed by atoms with Crippen LogP contribution < -0.4 is 9.46 Å². The fourth-order valence-corrected chi connectivity index (χ4v) is 3.93. The van der Waals surface area contributed by atoms with Crippen LogP contribution in [0.3, 0.4) is 0 Å². The van der Waals surface area contributed by atoms with Crippen LogP contribution in [-0.4, -0.2) is 14.3 Å². The van der Waals surface area contributed by atoms with Gasteiger partial charge in [0.25, 0.3) is 15.9 Å². The van der Waals surface area contributed by atoms with E-state index in [0.717, 1.165) is 17.7 Å². The summed E-state index contributed by atoms with van der Waals surface area (Å²) in [5, 5.41) is 0. The highest BCUT2D eigenvalue weighted by Crippen LogP contribution is 2.27. The maximum Gasteiger partial charge on any atom is 0.268 e. The lowest BCUT2D eigenvalue weighted by molar-refractivity contribution is 0.0978. The summed E-state index contributed by atoms with van der Waals surface area (Å²) >= 11 is 3.18. The van der Waals surface area contributed by atoms with E-state index < -0.39 is 21.7 Å². The van der Waals surface area contributed by atoms with Crippen LogP contribution in [0.25, 0.3) is 0 Å². The zero-order valence-corrected chi connectivity index (χ0v) is 17.1. The second kappa shape index (κ2) is 8.12. The number of nitrogens with one attached hydrogen (secondary N) is 1. The number of halogens is 2. The van der Waals surface area contributed by atoms with Crippen molar-refractivity contribution in [3.05, 3.63) is 88.1 Å². The first-order valence-electron chi connectivity index (χ1n) is 8.11. The average molecular weight is 464 g/mol. The van der Waals surface area contributed by atoms with Gasteiger partial charge in [-0.15, -0.1) is 0 Å². The Morgan fingerprint density at radius 2 is 1.75 bits per heavy atom. The van der Waals surface area contributed by atoms with Gasteiger partial charge < -0.3 is 4.74 Å². The summed E-state index contributed by atoms with van der Waals surface area (Å²) in [6, 6.07) is 16.2. The normalized spacial score (nSPS) is 11.1. The average Bonchev–Trinajstić information content (AvgIpc) is 2.64. The number of ether oxygens (including phenoxy) is 1. The summed E-state index contributed by atoms with van der Waals surface area (Å²) in [5.41, 5.74) is 0.781. The van der Waals surface area contributed by atoms with Crippen LogP contribution in [0.15, 0.2) is 76.1 Å². The molecule has 144 valence electrons. The summed E-state index contributed by atoms with van der Waals surface area (Å²) in [7, 11) is -4.15. The highest BCUT2D eigenvalue weighted by Gasteiger charge is 2.22. The number of hydrogen-bond donors (Lipinski definition) is 1. The van der Waals surface area contributed by atoms with Gasteiger partial charge in [0.15, 0.2) is 0 Å². The number of aryl methyl sites for hydroxylation is 1. The van der Waals surface area contributed by atoms with Gasteiger partial charge in [-0.05, 0) is 55.5 Å². The van der Waals surface area contributed by atoms with E-state index >= 15 is 0 Å². The molecule has 28 heavy (non-hydrogen) atoms. The Kier molecular flexibility index (Phi) is 5.81. The zero-order chi connectivity index (χ0) is 20.3. The van der Waals surface area contributed by atoms with Crippen LogP contribution in [0.5, 0.6) is 11.5 Å². The number of rotatable bonds is 5. The summed E-state index contributed by atoms with van der Waals surface area (Å²) in [6.45, 7) is 1.91. The molecule has 0 bridgehead atoms. The van der Waals surface area contributed by atoms with Crippen LogP contribution in [0.4, 0.5) is 4.39 Å². The molecule has 0 atom stereocenters. The molecule has 3 aromatic carbocycles. The fourth-order valence-electron chi connectivity index (χ4n) is 2.37. The SMILES string of the molecule is Cc1ccc(Oc2ccc(F)cc2C(=O)NS(=O)(=O)c2cccc(Br)c2)cc1. The summed E-state index contributed by atoms with van der Waals surface area (Å²) in [4.78, 5) is 12.5. The van der Waals surface area contributed by atoms with Gasteiger partial charge in [-0.2, -0.15) is 0 Å². The minimum Gasteiger partial charge on any atom is -0.457 e. The summed E-state index contributed by atoms with van der Waals surface area (Å²) < 4.78 is 46.8. The van der Waals surface area contributed by atoms with Gasteiger partial charge in [0.05, 0.1) is 10.5 Å². The minimum atomic E-state index is -4.15. The zero-order valence-electron chi connectivity index (χ0n) is 14.6. The predicted molar refractivity (Wildman–Crippen MR) is 106 cm³/mol. The van der Waals surface area contributed by atoms with E-state index in [4.69, 9.17) is 4.74 Å². The van der Waals surface area contributed by atoms with E-state index in [9.17, 15) is 17.6 Å². The highest BCUT2D eigenvalue weighted by atomic mass is 79.9. The van der Waals surface area contributed by atoms with Gasteiger partial charge in [0, 0.05) is 4.47 Å². The molecule has 0 spiro atoms. The second-order valence-corrected chi connectivity index (χ2v) is 8.55. The van der Waals surface area contributed by atoms with E-state index in [2.05, 4.69) is 15.9 Å². The molecule has 0 radical (unpaired) electrons. The fraction of sp³-hybridized carbons (Fsp3) is 0.0500. The van der Waals surface area contributed by atoms with Crippen molar-refractivity contribution >= 4 is 31.9 Å². The Bertz CT molecular complexity index is 1130. The number of hydrogen-bond acceptors (Lipinski definition) is 4. The Hall–Kier alpha value is -2.71. The Balaban J connectivity index is 1.90. The molecule has 0 fully saturated rings. The number of amides is 1. The van der Waals surface area contributed by atoms with E-state index in [0.29, 0.717) is 10.2 Å². The van der Waals surface area contributed by atoms with Crippen LogP contribution in [0, 0.1) is 12.7 Å². The molecule has 0 aliphatic heterocycles. The summed E-state index contributed by atoms with van der Waals surface area (Å²) in [5.74, 6) is -1.23. The maximum atomic E-state index is 13.7. The molecular formula is C20H15BrFNO4S. The van der Waals surface area contributed by atoms with Crippen molar-refractivity contribution in [3.8, 4) is 11.5 Å². The van der Waals surface area contributed by atoms with Crippen molar-refractivity contribution in [1.29, 1.82) is 0 Å². The number of carbonyl (C=O) groups is 1. The lowest BCUT2D eigenvalue weighted by Gasteiger charge is -2.12. The lowest BCUT2D eigenvalue weighted by Crippen LogP contribution is -2.31. The Morgan fingerprint density at radius 3 is 2.43 bits per heavy atom.